The van der Waals surface area contributed by atoms with Crippen molar-refractivity contribution in [1.29, 1.82) is 0 Å². The summed E-state index contributed by atoms with van der Waals surface area (Å²) in [5.74, 6) is 0.0593. The number of H-pyrrole nitrogens is 1. The van der Waals surface area contributed by atoms with Crippen molar-refractivity contribution >= 4 is 16.8 Å². The Morgan fingerprint density at radius 2 is 2.00 bits per heavy atom. The summed E-state index contributed by atoms with van der Waals surface area (Å²) in [7, 11) is 1.61. The van der Waals surface area contributed by atoms with Crippen LogP contribution in [0.1, 0.15) is 35.3 Å². The largest absolute Gasteiger partial charge is 0.497 e. The van der Waals surface area contributed by atoms with Gasteiger partial charge in [0.2, 0.25) is 0 Å². The van der Waals surface area contributed by atoms with Gasteiger partial charge in [0.25, 0.3) is 5.91 Å². The van der Waals surface area contributed by atoms with Crippen LogP contribution >= 0.6 is 0 Å². The van der Waals surface area contributed by atoms with Gasteiger partial charge in [0, 0.05) is 17.1 Å². The highest BCUT2D eigenvalue weighted by Gasteiger charge is 2.19. The van der Waals surface area contributed by atoms with Crippen LogP contribution in [0, 0.1) is 5.82 Å². The molecule has 0 bridgehead atoms. The molecule has 0 fully saturated rings. The van der Waals surface area contributed by atoms with E-state index in [-0.39, 0.29) is 11.9 Å². The Hall–Kier alpha value is -2.82. The van der Waals surface area contributed by atoms with Gasteiger partial charge in [-0.3, -0.25) is 4.79 Å². The average molecular weight is 326 g/mol. The fourth-order valence-corrected chi connectivity index (χ4v) is 2.81. The molecule has 0 aliphatic rings. The molecular formula is C19H19FN2O2. The van der Waals surface area contributed by atoms with Crippen LogP contribution in [-0.2, 0) is 0 Å². The fourth-order valence-electron chi connectivity index (χ4n) is 2.81. The predicted molar refractivity (Wildman–Crippen MR) is 91.7 cm³/mol. The summed E-state index contributed by atoms with van der Waals surface area (Å²) in [6.07, 6.45) is 2.27. The van der Waals surface area contributed by atoms with E-state index in [9.17, 15) is 9.18 Å². The number of hydrogen-bond donors (Lipinski definition) is 2. The molecule has 3 rings (SSSR count). The first-order valence-electron chi connectivity index (χ1n) is 7.84. The molecule has 2 aromatic carbocycles. The lowest BCUT2D eigenvalue weighted by molar-refractivity contribution is 0.0937. The van der Waals surface area contributed by atoms with Gasteiger partial charge < -0.3 is 15.0 Å². The third-order valence-corrected chi connectivity index (χ3v) is 4.13. The molecule has 4 nitrogen and oxygen atoms in total. The summed E-state index contributed by atoms with van der Waals surface area (Å²) < 4.78 is 19.2. The van der Waals surface area contributed by atoms with Gasteiger partial charge in [-0.1, -0.05) is 25.1 Å². The van der Waals surface area contributed by atoms with Crippen molar-refractivity contribution in [3.63, 3.8) is 0 Å². The van der Waals surface area contributed by atoms with Crippen molar-refractivity contribution in [3.8, 4) is 5.75 Å². The number of aromatic amines is 1. The van der Waals surface area contributed by atoms with E-state index in [1.807, 2.05) is 31.2 Å². The minimum atomic E-state index is -0.406. The van der Waals surface area contributed by atoms with Gasteiger partial charge in [0.1, 0.15) is 11.6 Å². The maximum Gasteiger partial charge on any atom is 0.254 e. The average Bonchev–Trinajstić information content (AvgIpc) is 3.05. The number of ether oxygens (including phenoxy) is 1. The maximum atomic E-state index is 14.1. The van der Waals surface area contributed by atoms with Crippen LogP contribution in [0.5, 0.6) is 5.75 Å². The first-order chi connectivity index (χ1) is 11.6. The second-order valence-electron chi connectivity index (χ2n) is 5.57. The molecule has 5 heteroatoms. The monoisotopic (exact) mass is 326 g/mol. The van der Waals surface area contributed by atoms with Crippen LogP contribution in [0.25, 0.3) is 10.9 Å². The first kappa shape index (κ1) is 16.1. The van der Waals surface area contributed by atoms with E-state index in [1.54, 1.807) is 25.4 Å². The lowest BCUT2D eigenvalue weighted by Crippen LogP contribution is -2.28. The highest BCUT2D eigenvalue weighted by Crippen LogP contribution is 2.24. The quantitative estimate of drug-likeness (QED) is 0.738. The molecule has 0 spiro atoms. The van der Waals surface area contributed by atoms with Gasteiger partial charge in [0.05, 0.1) is 18.7 Å². The minimum Gasteiger partial charge on any atom is -0.497 e. The fraction of sp³-hybridized carbons (Fsp3) is 0.211. The summed E-state index contributed by atoms with van der Waals surface area (Å²) in [6.45, 7) is 1.99. The molecule has 24 heavy (non-hydrogen) atoms. The second kappa shape index (κ2) is 6.74. The molecule has 0 saturated carbocycles. The Kier molecular flexibility index (Phi) is 4.51. The van der Waals surface area contributed by atoms with E-state index in [0.29, 0.717) is 16.5 Å². The van der Waals surface area contributed by atoms with E-state index in [2.05, 4.69) is 10.3 Å². The third kappa shape index (κ3) is 2.97. The molecule has 0 radical (unpaired) electrons. The normalized spacial score (nSPS) is 12.1. The molecule has 0 aliphatic heterocycles. The van der Waals surface area contributed by atoms with Gasteiger partial charge >= 0.3 is 0 Å². The van der Waals surface area contributed by atoms with Crippen LogP contribution in [0.2, 0.25) is 0 Å². The molecule has 1 heterocycles. The summed E-state index contributed by atoms with van der Waals surface area (Å²) in [5.41, 5.74) is 1.90. The number of carbonyl (C=O) groups excluding carboxylic acids is 1. The number of nitrogens with one attached hydrogen (secondary N) is 2. The molecule has 2 N–H and O–H groups in total. The number of benzene rings is 2. The van der Waals surface area contributed by atoms with Crippen LogP contribution in [0.15, 0.2) is 48.7 Å². The number of methoxy groups -OCH3 is 1. The highest BCUT2D eigenvalue weighted by atomic mass is 19.1. The number of hydrogen-bond acceptors (Lipinski definition) is 2. The van der Waals surface area contributed by atoms with E-state index in [0.717, 1.165) is 17.7 Å². The Labute approximate surface area is 139 Å². The van der Waals surface area contributed by atoms with Gasteiger partial charge in [-0.05, 0) is 36.2 Å². The molecule has 3 aromatic rings. The van der Waals surface area contributed by atoms with Crippen LogP contribution in [0.4, 0.5) is 4.39 Å². The van der Waals surface area contributed by atoms with Crippen molar-refractivity contribution in [2.24, 2.45) is 0 Å². The van der Waals surface area contributed by atoms with Gasteiger partial charge in [-0.2, -0.15) is 0 Å². The summed E-state index contributed by atoms with van der Waals surface area (Å²) >= 11 is 0. The van der Waals surface area contributed by atoms with Gasteiger partial charge in [0.15, 0.2) is 0 Å². The molecule has 1 atom stereocenters. The standard InChI is InChI=1S/C19H19FN2O2/c1-3-16(12-7-9-13(24-2)10-8-12)22-19(23)14-11-21-17-6-4-5-15(20)18(14)17/h4-11,16,21H,3H2,1-2H3,(H,22,23)/t16-/m0/s1. The number of aromatic nitrogens is 1. The SMILES string of the molecule is CC[C@H](NC(=O)c1c[nH]c2cccc(F)c12)c1ccc(OC)cc1. The molecule has 1 amide bonds. The zero-order valence-corrected chi connectivity index (χ0v) is 13.6. The topological polar surface area (TPSA) is 54.1 Å². The Balaban J connectivity index is 1.85. The number of fused-ring (bicyclic) bond motifs is 1. The first-order valence-corrected chi connectivity index (χ1v) is 7.84. The second-order valence-corrected chi connectivity index (χ2v) is 5.57. The zero-order chi connectivity index (χ0) is 17.1. The Morgan fingerprint density at radius 3 is 2.67 bits per heavy atom. The van der Waals surface area contributed by atoms with Crippen LogP contribution in [0.3, 0.4) is 0 Å². The van der Waals surface area contributed by atoms with E-state index >= 15 is 0 Å². The van der Waals surface area contributed by atoms with Crippen LogP contribution < -0.4 is 10.1 Å². The van der Waals surface area contributed by atoms with Crippen molar-refractivity contribution in [3.05, 3.63) is 65.6 Å². The Bertz CT molecular complexity index is 855. The molecular weight excluding hydrogens is 307 g/mol. The van der Waals surface area contributed by atoms with Crippen molar-refractivity contribution in [1.82, 2.24) is 10.3 Å². The van der Waals surface area contributed by atoms with Crippen molar-refractivity contribution in [2.45, 2.75) is 19.4 Å². The molecule has 0 aliphatic carbocycles. The summed E-state index contributed by atoms with van der Waals surface area (Å²) in [6, 6.07) is 12.1. The lowest BCUT2D eigenvalue weighted by Gasteiger charge is -2.17. The van der Waals surface area contributed by atoms with Crippen molar-refractivity contribution < 1.29 is 13.9 Å². The smallest absolute Gasteiger partial charge is 0.254 e. The summed E-state index contributed by atoms with van der Waals surface area (Å²) in [5, 5.41) is 3.29. The van der Waals surface area contributed by atoms with Gasteiger partial charge in [-0.15, -0.1) is 0 Å². The summed E-state index contributed by atoms with van der Waals surface area (Å²) in [4.78, 5) is 15.6. The van der Waals surface area contributed by atoms with Gasteiger partial charge in [-0.25, -0.2) is 4.39 Å². The predicted octanol–water partition coefficient (Wildman–Crippen LogP) is 4.20. The van der Waals surface area contributed by atoms with E-state index < -0.39 is 5.82 Å². The number of halogens is 1. The number of amides is 1. The van der Waals surface area contributed by atoms with E-state index in [1.165, 1.54) is 6.07 Å². The van der Waals surface area contributed by atoms with E-state index in [4.69, 9.17) is 4.74 Å². The Morgan fingerprint density at radius 1 is 1.25 bits per heavy atom. The maximum absolute atomic E-state index is 14.1. The molecule has 0 saturated heterocycles. The number of carbonyl (C=O) groups is 1. The molecule has 124 valence electrons. The third-order valence-electron chi connectivity index (χ3n) is 4.13. The van der Waals surface area contributed by atoms with Crippen molar-refractivity contribution in [2.75, 3.05) is 7.11 Å². The minimum absolute atomic E-state index is 0.153. The lowest BCUT2D eigenvalue weighted by atomic mass is 10.0. The molecule has 1 aromatic heterocycles. The highest BCUT2D eigenvalue weighted by molar-refractivity contribution is 6.07. The zero-order valence-electron chi connectivity index (χ0n) is 13.6. The van der Waals surface area contributed by atoms with Crippen LogP contribution in [-0.4, -0.2) is 18.0 Å². The molecule has 0 unspecified atom stereocenters. The number of rotatable bonds is 5.